The third-order valence-corrected chi connectivity index (χ3v) is 3.96. The van der Waals surface area contributed by atoms with Gasteiger partial charge in [0.25, 0.3) is 10.0 Å². The van der Waals surface area contributed by atoms with Crippen LogP contribution in [0.5, 0.6) is 0 Å². The smallest absolute Gasteiger partial charge is 0.337 e. The lowest BCUT2D eigenvalue weighted by atomic mass is 10.3. The Morgan fingerprint density at radius 2 is 2.05 bits per heavy atom. The number of carboxylic acids is 1. The lowest BCUT2D eigenvalue weighted by molar-refractivity contribution is 0.0696. The highest BCUT2D eigenvalue weighted by Crippen LogP contribution is 2.08. The van der Waals surface area contributed by atoms with E-state index in [1.807, 2.05) is 13.0 Å². The number of aryl methyl sites for hydroxylation is 1. The van der Waals surface area contributed by atoms with Gasteiger partial charge in [-0.05, 0) is 31.2 Å². The molecule has 8 heteroatoms. The van der Waals surface area contributed by atoms with Gasteiger partial charge in [-0.25, -0.2) is 22.9 Å². The molecule has 2 aromatic heterocycles. The van der Waals surface area contributed by atoms with E-state index >= 15 is 0 Å². The van der Waals surface area contributed by atoms with Crippen molar-refractivity contribution in [1.29, 1.82) is 0 Å². The van der Waals surface area contributed by atoms with Crippen molar-refractivity contribution in [3.05, 3.63) is 53.5 Å². The summed E-state index contributed by atoms with van der Waals surface area (Å²) in [5.74, 6) is -1.16. The minimum Gasteiger partial charge on any atom is -0.478 e. The number of hydrogen-bond acceptors (Lipinski definition) is 5. The fourth-order valence-corrected chi connectivity index (χ4v) is 2.53. The first-order chi connectivity index (χ1) is 9.88. The highest BCUT2D eigenvalue weighted by Gasteiger charge is 2.16. The van der Waals surface area contributed by atoms with Gasteiger partial charge < -0.3 is 5.11 Å². The molecule has 2 rings (SSSR count). The molecule has 0 aliphatic carbocycles. The van der Waals surface area contributed by atoms with Crippen LogP contribution in [0, 0.1) is 6.92 Å². The van der Waals surface area contributed by atoms with Crippen molar-refractivity contribution in [2.24, 2.45) is 0 Å². The quantitative estimate of drug-likeness (QED) is 0.851. The van der Waals surface area contributed by atoms with Gasteiger partial charge in [-0.3, -0.25) is 4.98 Å². The highest BCUT2D eigenvalue weighted by atomic mass is 32.2. The summed E-state index contributed by atoms with van der Waals surface area (Å²) in [6, 6.07) is 7.64. The van der Waals surface area contributed by atoms with Crippen LogP contribution in [-0.4, -0.2) is 29.5 Å². The first-order valence-electron chi connectivity index (χ1n) is 6.00. The van der Waals surface area contributed by atoms with Crippen LogP contribution in [0.4, 0.5) is 0 Å². The maximum Gasteiger partial charge on any atom is 0.337 e. The molecular weight excluding hydrogens is 294 g/mol. The summed E-state index contributed by atoms with van der Waals surface area (Å²) in [5.41, 5.74) is 1.30. The molecule has 21 heavy (non-hydrogen) atoms. The first kappa shape index (κ1) is 15.1. The Morgan fingerprint density at radius 1 is 1.29 bits per heavy atom. The summed E-state index contributed by atoms with van der Waals surface area (Å²) < 4.78 is 26.4. The van der Waals surface area contributed by atoms with Crippen LogP contribution in [0.25, 0.3) is 0 Å². The molecule has 2 N–H and O–H groups in total. The molecule has 0 saturated heterocycles. The zero-order valence-corrected chi connectivity index (χ0v) is 12.0. The minimum absolute atomic E-state index is 0.0341. The monoisotopic (exact) mass is 307 g/mol. The summed E-state index contributed by atoms with van der Waals surface area (Å²) in [6.45, 7) is 1.84. The van der Waals surface area contributed by atoms with Crippen molar-refractivity contribution in [3.8, 4) is 0 Å². The molecule has 0 aliphatic rings. The second-order valence-corrected chi connectivity index (χ2v) is 6.00. The second-order valence-electron chi connectivity index (χ2n) is 4.29. The average molecular weight is 307 g/mol. The zero-order valence-electron chi connectivity index (χ0n) is 11.1. The standard InChI is InChI=1S/C13H13N3O4S/c1-9-3-2-4-11(16-9)8-15-21(19,20)12-6-5-10(7-14-12)13(17)18/h2-7,15H,8H2,1H3,(H,17,18). The molecule has 0 bridgehead atoms. The molecule has 0 saturated carbocycles. The minimum atomic E-state index is -3.81. The lowest BCUT2D eigenvalue weighted by Gasteiger charge is -2.06. The second kappa shape index (κ2) is 5.98. The summed E-state index contributed by atoms with van der Waals surface area (Å²) in [7, 11) is -3.81. The fraction of sp³-hybridized carbons (Fsp3) is 0.154. The predicted octanol–water partition coefficient (Wildman–Crippen LogP) is 0.962. The van der Waals surface area contributed by atoms with Crippen LogP contribution in [-0.2, 0) is 16.6 Å². The molecule has 110 valence electrons. The van der Waals surface area contributed by atoms with E-state index in [4.69, 9.17) is 5.11 Å². The Balaban J connectivity index is 2.13. The summed E-state index contributed by atoms with van der Waals surface area (Å²) >= 11 is 0. The van der Waals surface area contributed by atoms with Crippen molar-refractivity contribution >= 4 is 16.0 Å². The van der Waals surface area contributed by atoms with Crippen molar-refractivity contribution in [3.63, 3.8) is 0 Å². The van der Waals surface area contributed by atoms with Crippen molar-refractivity contribution in [2.45, 2.75) is 18.5 Å². The molecule has 0 amide bonds. The number of pyridine rings is 2. The average Bonchev–Trinajstić information content (AvgIpc) is 2.45. The van der Waals surface area contributed by atoms with Crippen LogP contribution in [0.3, 0.4) is 0 Å². The van der Waals surface area contributed by atoms with Crippen LogP contribution >= 0.6 is 0 Å². The number of aromatic carboxylic acids is 1. The van der Waals surface area contributed by atoms with E-state index in [2.05, 4.69) is 14.7 Å². The maximum absolute atomic E-state index is 12.0. The van der Waals surface area contributed by atoms with Gasteiger partial charge in [0.2, 0.25) is 0 Å². The number of hydrogen-bond donors (Lipinski definition) is 2. The number of carbonyl (C=O) groups is 1. The molecule has 0 unspecified atom stereocenters. The van der Waals surface area contributed by atoms with E-state index in [1.165, 1.54) is 6.07 Å². The first-order valence-corrected chi connectivity index (χ1v) is 7.48. The summed E-state index contributed by atoms with van der Waals surface area (Å²) in [5, 5.41) is 8.51. The van der Waals surface area contributed by atoms with Crippen molar-refractivity contribution < 1.29 is 18.3 Å². The van der Waals surface area contributed by atoms with Gasteiger partial charge in [-0.1, -0.05) is 6.07 Å². The Morgan fingerprint density at radius 3 is 2.62 bits per heavy atom. The molecule has 7 nitrogen and oxygen atoms in total. The normalized spacial score (nSPS) is 11.3. The van der Waals surface area contributed by atoms with Gasteiger partial charge in [0, 0.05) is 11.9 Å². The third kappa shape index (κ3) is 3.83. The van der Waals surface area contributed by atoms with E-state index in [-0.39, 0.29) is 17.1 Å². The number of sulfonamides is 1. The number of nitrogens with zero attached hydrogens (tertiary/aromatic N) is 2. The molecule has 0 fully saturated rings. The van der Waals surface area contributed by atoms with Crippen LogP contribution in [0.15, 0.2) is 41.6 Å². The lowest BCUT2D eigenvalue weighted by Crippen LogP contribution is -2.24. The molecule has 0 aliphatic heterocycles. The largest absolute Gasteiger partial charge is 0.478 e. The van der Waals surface area contributed by atoms with E-state index in [0.29, 0.717) is 5.69 Å². The Bertz CT molecular complexity index is 757. The molecule has 0 atom stereocenters. The molecule has 2 heterocycles. The number of aromatic nitrogens is 2. The van der Waals surface area contributed by atoms with Gasteiger partial charge in [0.15, 0.2) is 5.03 Å². The van der Waals surface area contributed by atoms with Gasteiger partial charge in [0.05, 0.1) is 17.8 Å². The van der Waals surface area contributed by atoms with Crippen LogP contribution < -0.4 is 4.72 Å². The molecule has 0 spiro atoms. The molecule has 2 aromatic rings. The van der Waals surface area contributed by atoms with Crippen LogP contribution in [0.2, 0.25) is 0 Å². The van der Waals surface area contributed by atoms with Crippen molar-refractivity contribution in [2.75, 3.05) is 0 Å². The fourth-order valence-electron chi connectivity index (χ4n) is 1.61. The third-order valence-electron chi connectivity index (χ3n) is 2.65. The predicted molar refractivity (Wildman–Crippen MR) is 74.2 cm³/mol. The molecular formula is C13H13N3O4S. The Kier molecular flexibility index (Phi) is 4.29. The summed E-state index contributed by atoms with van der Waals surface area (Å²) in [6.07, 6.45) is 1.00. The van der Waals surface area contributed by atoms with E-state index in [1.54, 1.807) is 12.1 Å². The summed E-state index contributed by atoms with van der Waals surface area (Å²) in [4.78, 5) is 18.5. The van der Waals surface area contributed by atoms with Gasteiger partial charge in [-0.15, -0.1) is 0 Å². The van der Waals surface area contributed by atoms with Crippen molar-refractivity contribution in [1.82, 2.24) is 14.7 Å². The van der Waals surface area contributed by atoms with E-state index in [0.717, 1.165) is 18.0 Å². The molecule has 0 radical (unpaired) electrons. The Labute approximate surface area is 121 Å². The van der Waals surface area contributed by atoms with E-state index < -0.39 is 16.0 Å². The topological polar surface area (TPSA) is 109 Å². The number of carboxylic acid groups (broad SMARTS) is 1. The van der Waals surface area contributed by atoms with Gasteiger partial charge in [-0.2, -0.15) is 0 Å². The van der Waals surface area contributed by atoms with Crippen LogP contribution in [0.1, 0.15) is 21.7 Å². The van der Waals surface area contributed by atoms with E-state index in [9.17, 15) is 13.2 Å². The van der Waals surface area contributed by atoms with Gasteiger partial charge >= 0.3 is 5.97 Å². The Hall–Kier alpha value is -2.32. The highest BCUT2D eigenvalue weighted by molar-refractivity contribution is 7.89. The zero-order chi connectivity index (χ0) is 15.5. The SMILES string of the molecule is Cc1cccc(CNS(=O)(=O)c2ccc(C(=O)O)cn2)n1. The number of nitrogens with one attached hydrogen (secondary N) is 1. The van der Waals surface area contributed by atoms with Gasteiger partial charge in [0.1, 0.15) is 0 Å². The number of rotatable bonds is 5. The maximum atomic E-state index is 12.0. The molecule has 0 aromatic carbocycles.